The van der Waals surface area contributed by atoms with Gasteiger partial charge in [0.15, 0.2) is 0 Å². The minimum Gasteiger partial charge on any atom is -0.268 e. The Morgan fingerprint density at radius 1 is 0.938 bits per heavy atom. The number of hydrogen-bond donors (Lipinski definition) is 0. The fourth-order valence-electron chi connectivity index (χ4n) is 1.29. The van der Waals surface area contributed by atoms with Crippen LogP contribution in [0, 0.1) is 13.8 Å². The van der Waals surface area contributed by atoms with Gasteiger partial charge in [-0.25, -0.2) is 9.97 Å². The molecule has 6 heteroatoms. The number of aryl methyl sites for hydroxylation is 2. The van der Waals surface area contributed by atoms with E-state index in [1.54, 1.807) is 13.8 Å². The number of imidazole rings is 2. The molecular formula is C10H10N4O2. The summed E-state index contributed by atoms with van der Waals surface area (Å²) in [6.07, 6.45) is 5.65. The SMILES string of the molecule is Cc1cn(C(=O)C(=O)n2cnc(C)c2)cn1. The maximum Gasteiger partial charge on any atom is 0.322 e. The van der Waals surface area contributed by atoms with Gasteiger partial charge >= 0.3 is 11.8 Å². The maximum absolute atomic E-state index is 11.7. The number of aromatic nitrogens is 4. The molecule has 82 valence electrons. The molecule has 0 aliphatic heterocycles. The Morgan fingerprint density at radius 2 is 1.31 bits per heavy atom. The summed E-state index contributed by atoms with van der Waals surface area (Å²) < 4.78 is 2.32. The monoisotopic (exact) mass is 218 g/mol. The van der Waals surface area contributed by atoms with Crippen LogP contribution in [0.2, 0.25) is 0 Å². The Hall–Kier alpha value is -2.24. The van der Waals surface area contributed by atoms with Crippen LogP contribution in [0.3, 0.4) is 0 Å². The molecule has 0 atom stereocenters. The summed E-state index contributed by atoms with van der Waals surface area (Å²) in [6, 6.07) is 0. The predicted octanol–water partition coefficient (Wildman–Crippen LogP) is 0.677. The molecule has 0 N–H and O–H groups in total. The van der Waals surface area contributed by atoms with Crippen LogP contribution in [-0.4, -0.2) is 30.9 Å². The van der Waals surface area contributed by atoms with Crippen LogP contribution < -0.4 is 0 Å². The van der Waals surface area contributed by atoms with Crippen LogP contribution in [0.5, 0.6) is 0 Å². The van der Waals surface area contributed by atoms with Crippen LogP contribution in [0.4, 0.5) is 0 Å². The zero-order chi connectivity index (χ0) is 11.7. The van der Waals surface area contributed by atoms with Crippen molar-refractivity contribution >= 4 is 11.8 Å². The molecule has 2 heterocycles. The van der Waals surface area contributed by atoms with Gasteiger partial charge in [0.05, 0.1) is 11.4 Å². The second kappa shape index (κ2) is 3.73. The standard InChI is InChI=1S/C10H10N4O2/c1-7-3-13(5-11-7)9(15)10(16)14-4-8(2)12-6-14/h3-6H,1-2H3. The van der Waals surface area contributed by atoms with Crippen molar-refractivity contribution in [2.75, 3.05) is 0 Å². The number of carbonyl (C=O) groups excluding carboxylic acids is 2. The Kier molecular flexibility index (Phi) is 2.40. The molecule has 0 radical (unpaired) electrons. The highest BCUT2D eigenvalue weighted by Crippen LogP contribution is 1.98. The lowest BCUT2D eigenvalue weighted by atomic mass is 10.5. The summed E-state index contributed by atoms with van der Waals surface area (Å²) >= 11 is 0. The smallest absolute Gasteiger partial charge is 0.268 e. The second-order valence-corrected chi connectivity index (χ2v) is 3.45. The van der Waals surface area contributed by atoms with E-state index in [-0.39, 0.29) is 0 Å². The largest absolute Gasteiger partial charge is 0.322 e. The summed E-state index contributed by atoms with van der Waals surface area (Å²) in [5, 5.41) is 0. The molecule has 2 aromatic rings. The molecule has 6 nitrogen and oxygen atoms in total. The van der Waals surface area contributed by atoms with Crippen LogP contribution in [-0.2, 0) is 0 Å². The fourth-order valence-corrected chi connectivity index (χ4v) is 1.29. The highest BCUT2D eigenvalue weighted by Gasteiger charge is 2.18. The molecule has 2 aromatic heterocycles. The first-order valence-electron chi connectivity index (χ1n) is 4.68. The lowest BCUT2D eigenvalue weighted by molar-refractivity contribution is 0.0715. The van der Waals surface area contributed by atoms with Crippen LogP contribution in [0.25, 0.3) is 0 Å². The van der Waals surface area contributed by atoms with E-state index in [1.807, 2.05) is 0 Å². The molecular weight excluding hydrogens is 208 g/mol. The molecule has 16 heavy (non-hydrogen) atoms. The summed E-state index contributed by atoms with van der Waals surface area (Å²) in [7, 11) is 0. The molecule has 0 fully saturated rings. The highest BCUT2D eigenvalue weighted by molar-refractivity contribution is 6.36. The van der Waals surface area contributed by atoms with E-state index >= 15 is 0 Å². The highest BCUT2D eigenvalue weighted by atomic mass is 16.2. The van der Waals surface area contributed by atoms with E-state index in [1.165, 1.54) is 25.0 Å². The second-order valence-electron chi connectivity index (χ2n) is 3.45. The predicted molar refractivity (Wildman–Crippen MR) is 55.2 cm³/mol. The van der Waals surface area contributed by atoms with Gasteiger partial charge in [0.2, 0.25) is 0 Å². The van der Waals surface area contributed by atoms with Gasteiger partial charge in [-0.1, -0.05) is 0 Å². The van der Waals surface area contributed by atoms with Gasteiger partial charge in [-0.3, -0.25) is 18.7 Å². The average molecular weight is 218 g/mol. The number of nitrogens with zero attached hydrogens (tertiary/aromatic N) is 4. The normalized spacial score (nSPS) is 10.4. The van der Waals surface area contributed by atoms with E-state index in [0.29, 0.717) is 11.4 Å². The van der Waals surface area contributed by atoms with Crippen molar-refractivity contribution in [2.24, 2.45) is 0 Å². The van der Waals surface area contributed by atoms with Crippen molar-refractivity contribution in [1.82, 2.24) is 19.1 Å². The van der Waals surface area contributed by atoms with Crippen molar-refractivity contribution in [3.05, 3.63) is 36.4 Å². The number of carbonyl (C=O) groups is 2. The summed E-state index contributed by atoms with van der Waals surface area (Å²) in [5.41, 5.74) is 1.37. The lowest BCUT2D eigenvalue weighted by Crippen LogP contribution is -2.25. The van der Waals surface area contributed by atoms with Gasteiger partial charge in [0.1, 0.15) is 12.7 Å². The molecule has 2 rings (SSSR count). The first kappa shape index (κ1) is 10.3. The third kappa shape index (κ3) is 1.77. The minimum absolute atomic E-state index is 0.655. The molecule has 0 aliphatic carbocycles. The third-order valence-corrected chi connectivity index (χ3v) is 2.08. The van der Waals surface area contributed by atoms with E-state index in [9.17, 15) is 9.59 Å². The first-order chi connectivity index (χ1) is 7.58. The number of hydrogen-bond acceptors (Lipinski definition) is 4. The van der Waals surface area contributed by atoms with Gasteiger partial charge in [-0.05, 0) is 13.8 Å². The van der Waals surface area contributed by atoms with Crippen LogP contribution in [0.1, 0.15) is 21.0 Å². The zero-order valence-corrected chi connectivity index (χ0v) is 8.91. The molecule has 0 saturated carbocycles. The quantitative estimate of drug-likeness (QED) is 0.609. The molecule has 0 spiro atoms. The van der Waals surface area contributed by atoms with E-state index < -0.39 is 11.8 Å². The van der Waals surface area contributed by atoms with Crippen molar-refractivity contribution in [2.45, 2.75) is 13.8 Å². The molecule has 0 amide bonds. The van der Waals surface area contributed by atoms with E-state index in [2.05, 4.69) is 9.97 Å². The fraction of sp³-hybridized carbons (Fsp3) is 0.200. The van der Waals surface area contributed by atoms with Gasteiger partial charge in [-0.2, -0.15) is 0 Å². The molecule has 0 aromatic carbocycles. The Morgan fingerprint density at radius 3 is 1.56 bits per heavy atom. The van der Waals surface area contributed by atoms with Crippen molar-refractivity contribution in [3.8, 4) is 0 Å². The number of rotatable bonds is 0. The maximum atomic E-state index is 11.7. The molecule has 0 saturated heterocycles. The topological polar surface area (TPSA) is 69.8 Å². The van der Waals surface area contributed by atoms with Gasteiger partial charge in [0, 0.05) is 12.4 Å². The van der Waals surface area contributed by atoms with Crippen molar-refractivity contribution < 1.29 is 9.59 Å². The minimum atomic E-state index is -0.655. The summed E-state index contributed by atoms with van der Waals surface area (Å²) in [5.74, 6) is -1.31. The Balaban J connectivity index is 2.26. The lowest BCUT2D eigenvalue weighted by Gasteiger charge is -1.99. The van der Waals surface area contributed by atoms with Gasteiger partial charge in [-0.15, -0.1) is 0 Å². The first-order valence-corrected chi connectivity index (χ1v) is 4.68. The summed E-state index contributed by atoms with van der Waals surface area (Å²) in [6.45, 7) is 3.49. The average Bonchev–Trinajstić information content (AvgIpc) is 2.85. The van der Waals surface area contributed by atoms with Crippen LogP contribution >= 0.6 is 0 Å². The zero-order valence-electron chi connectivity index (χ0n) is 8.91. The van der Waals surface area contributed by atoms with Gasteiger partial charge < -0.3 is 0 Å². The molecule has 0 aliphatic rings. The van der Waals surface area contributed by atoms with E-state index in [4.69, 9.17) is 0 Å². The molecule has 0 bridgehead atoms. The third-order valence-electron chi connectivity index (χ3n) is 2.08. The Bertz CT molecular complexity index is 502. The van der Waals surface area contributed by atoms with Crippen LogP contribution in [0.15, 0.2) is 25.0 Å². The Labute approximate surface area is 91.5 Å². The molecule has 0 unspecified atom stereocenters. The van der Waals surface area contributed by atoms with Gasteiger partial charge in [0.25, 0.3) is 0 Å². The van der Waals surface area contributed by atoms with E-state index in [0.717, 1.165) is 9.13 Å². The van der Waals surface area contributed by atoms with Crippen molar-refractivity contribution in [1.29, 1.82) is 0 Å². The summed E-state index contributed by atoms with van der Waals surface area (Å²) in [4.78, 5) is 31.2. The van der Waals surface area contributed by atoms with Crippen molar-refractivity contribution in [3.63, 3.8) is 0 Å².